The van der Waals surface area contributed by atoms with Crippen LogP contribution in [-0.4, -0.2) is 24.9 Å². The standard InChI is InChI=1S/C18H19N3O2/c1-11-10-16(22)21-15-5-3-4-14(17(15)20-11)12-6-8-13(9-7-12)18(23)19-2/h3-9,11,20H,10H2,1-2H3,(H,19,23)(H,21,22). The molecule has 3 N–H and O–H groups in total. The van der Waals surface area contributed by atoms with Crippen LogP contribution in [0.2, 0.25) is 0 Å². The SMILES string of the molecule is CNC(=O)c1ccc(-c2cccc3c2NC(C)CC(=O)N3)cc1. The van der Waals surface area contributed by atoms with Gasteiger partial charge in [0.15, 0.2) is 0 Å². The summed E-state index contributed by atoms with van der Waals surface area (Å²) in [5, 5.41) is 8.95. The minimum absolute atomic E-state index is 0.0101. The first-order valence-corrected chi connectivity index (χ1v) is 7.60. The van der Waals surface area contributed by atoms with Crippen molar-refractivity contribution < 1.29 is 9.59 Å². The Kier molecular flexibility index (Phi) is 4.02. The minimum Gasteiger partial charge on any atom is -0.380 e. The summed E-state index contributed by atoms with van der Waals surface area (Å²) >= 11 is 0. The normalized spacial score (nSPS) is 16.6. The smallest absolute Gasteiger partial charge is 0.251 e. The van der Waals surface area contributed by atoms with E-state index in [1.807, 2.05) is 37.3 Å². The summed E-state index contributed by atoms with van der Waals surface area (Å²) in [7, 11) is 1.61. The Bertz CT molecular complexity index is 753. The Hall–Kier alpha value is -2.82. The second-order valence-corrected chi connectivity index (χ2v) is 5.68. The zero-order valence-electron chi connectivity index (χ0n) is 13.1. The van der Waals surface area contributed by atoms with Gasteiger partial charge in [0.25, 0.3) is 5.91 Å². The molecule has 0 saturated carbocycles. The Morgan fingerprint density at radius 2 is 1.91 bits per heavy atom. The number of benzene rings is 2. The maximum Gasteiger partial charge on any atom is 0.251 e. The van der Waals surface area contributed by atoms with E-state index in [2.05, 4.69) is 16.0 Å². The molecular formula is C18H19N3O2. The molecule has 0 radical (unpaired) electrons. The molecular weight excluding hydrogens is 290 g/mol. The lowest BCUT2D eigenvalue weighted by Crippen LogP contribution is -2.19. The summed E-state index contributed by atoms with van der Waals surface area (Å²) in [6.45, 7) is 1.99. The first-order valence-electron chi connectivity index (χ1n) is 7.60. The Balaban J connectivity index is 2.02. The van der Waals surface area contributed by atoms with Crippen molar-refractivity contribution >= 4 is 23.2 Å². The van der Waals surface area contributed by atoms with Crippen LogP contribution in [0.15, 0.2) is 42.5 Å². The molecule has 118 valence electrons. The topological polar surface area (TPSA) is 70.2 Å². The van der Waals surface area contributed by atoms with Gasteiger partial charge in [-0.3, -0.25) is 9.59 Å². The summed E-state index contributed by atoms with van der Waals surface area (Å²) in [6, 6.07) is 13.3. The predicted molar refractivity (Wildman–Crippen MR) is 91.6 cm³/mol. The van der Waals surface area contributed by atoms with E-state index < -0.39 is 0 Å². The number of para-hydroxylation sites is 1. The van der Waals surface area contributed by atoms with Gasteiger partial charge in [-0.1, -0.05) is 24.3 Å². The van der Waals surface area contributed by atoms with Crippen LogP contribution in [-0.2, 0) is 4.79 Å². The molecule has 2 amide bonds. The highest BCUT2D eigenvalue weighted by Gasteiger charge is 2.20. The molecule has 1 unspecified atom stereocenters. The van der Waals surface area contributed by atoms with Gasteiger partial charge in [-0.05, 0) is 30.7 Å². The van der Waals surface area contributed by atoms with Crippen molar-refractivity contribution in [2.24, 2.45) is 0 Å². The lowest BCUT2D eigenvalue weighted by molar-refractivity contribution is -0.116. The van der Waals surface area contributed by atoms with E-state index in [0.29, 0.717) is 12.0 Å². The highest BCUT2D eigenvalue weighted by molar-refractivity contribution is 6.00. The lowest BCUT2D eigenvalue weighted by Gasteiger charge is -2.16. The van der Waals surface area contributed by atoms with Gasteiger partial charge in [-0.25, -0.2) is 0 Å². The molecule has 1 aliphatic rings. The fourth-order valence-electron chi connectivity index (χ4n) is 2.77. The number of hydrogen-bond acceptors (Lipinski definition) is 3. The first-order chi connectivity index (χ1) is 11.1. The third-order valence-electron chi connectivity index (χ3n) is 3.91. The number of carbonyl (C=O) groups is 2. The predicted octanol–water partition coefficient (Wildman–Crippen LogP) is 2.86. The molecule has 23 heavy (non-hydrogen) atoms. The number of hydrogen-bond donors (Lipinski definition) is 3. The summed E-state index contributed by atoms with van der Waals surface area (Å²) in [6.07, 6.45) is 0.434. The van der Waals surface area contributed by atoms with Crippen molar-refractivity contribution in [3.63, 3.8) is 0 Å². The fraction of sp³-hybridized carbons (Fsp3) is 0.222. The second-order valence-electron chi connectivity index (χ2n) is 5.68. The van der Waals surface area contributed by atoms with Crippen molar-refractivity contribution in [2.75, 3.05) is 17.7 Å². The van der Waals surface area contributed by atoms with E-state index in [0.717, 1.165) is 22.5 Å². The lowest BCUT2D eigenvalue weighted by atomic mass is 10.0. The molecule has 1 heterocycles. The van der Waals surface area contributed by atoms with E-state index in [-0.39, 0.29) is 17.9 Å². The van der Waals surface area contributed by atoms with Gasteiger partial charge in [0.1, 0.15) is 0 Å². The second kappa shape index (κ2) is 6.12. The van der Waals surface area contributed by atoms with Crippen LogP contribution in [0.4, 0.5) is 11.4 Å². The summed E-state index contributed by atoms with van der Waals surface area (Å²) < 4.78 is 0. The molecule has 0 spiro atoms. The highest BCUT2D eigenvalue weighted by atomic mass is 16.2. The Morgan fingerprint density at radius 3 is 2.61 bits per heavy atom. The molecule has 2 aromatic rings. The van der Waals surface area contributed by atoms with Gasteiger partial charge >= 0.3 is 0 Å². The van der Waals surface area contributed by atoms with Gasteiger partial charge in [0.2, 0.25) is 5.91 Å². The van der Waals surface area contributed by atoms with Crippen LogP contribution < -0.4 is 16.0 Å². The van der Waals surface area contributed by atoms with Gasteiger partial charge < -0.3 is 16.0 Å². The number of amides is 2. The van der Waals surface area contributed by atoms with Crippen LogP contribution >= 0.6 is 0 Å². The van der Waals surface area contributed by atoms with Crippen molar-refractivity contribution in [3.8, 4) is 11.1 Å². The van der Waals surface area contributed by atoms with Gasteiger partial charge in [0.05, 0.1) is 11.4 Å². The molecule has 0 bridgehead atoms. The number of nitrogens with one attached hydrogen (secondary N) is 3. The number of fused-ring (bicyclic) bond motifs is 1. The molecule has 3 rings (SSSR count). The molecule has 2 aromatic carbocycles. The van der Waals surface area contributed by atoms with E-state index in [1.165, 1.54) is 0 Å². The first kappa shape index (κ1) is 15.1. The number of carbonyl (C=O) groups excluding carboxylic acids is 2. The van der Waals surface area contributed by atoms with E-state index in [9.17, 15) is 9.59 Å². The van der Waals surface area contributed by atoms with Crippen molar-refractivity contribution in [1.29, 1.82) is 0 Å². The zero-order valence-corrected chi connectivity index (χ0v) is 13.1. The van der Waals surface area contributed by atoms with Crippen molar-refractivity contribution in [3.05, 3.63) is 48.0 Å². The van der Waals surface area contributed by atoms with E-state index in [4.69, 9.17) is 0 Å². The van der Waals surface area contributed by atoms with Crippen molar-refractivity contribution in [1.82, 2.24) is 5.32 Å². The van der Waals surface area contributed by atoms with Crippen molar-refractivity contribution in [2.45, 2.75) is 19.4 Å². The minimum atomic E-state index is -0.109. The largest absolute Gasteiger partial charge is 0.380 e. The Labute approximate surface area is 135 Å². The molecule has 0 aliphatic carbocycles. The van der Waals surface area contributed by atoms with Crippen LogP contribution in [0.3, 0.4) is 0 Å². The molecule has 0 fully saturated rings. The Morgan fingerprint density at radius 1 is 1.17 bits per heavy atom. The average molecular weight is 309 g/mol. The van der Waals surface area contributed by atoms with Gasteiger partial charge in [-0.15, -0.1) is 0 Å². The molecule has 1 atom stereocenters. The van der Waals surface area contributed by atoms with Crippen LogP contribution in [0, 0.1) is 0 Å². The van der Waals surface area contributed by atoms with Crippen LogP contribution in [0.1, 0.15) is 23.7 Å². The molecule has 5 nitrogen and oxygen atoms in total. The molecule has 1 aliphatic heterocycles. The van der Waals surface area contributed by atoms with Crippen LogP contribution in [0.5, 0.6) is 0 Å². The fourth-order valence-corrected chi connectivity index (χ4v) is 2.77. The van der Waals surface area contributed by atoms with E-state index >= 15 is 0 Å². The maximum atomic E-state index is 11.9. The highest BCUT2D eigenvalue weighted by Crippen LogP contribution is 2.36. The third kappa shape index (κ3) is 3.04. The van der Waals surface area contributed by atoms with Crippen LogP contribution in [0.25, 0.3) is 11.1 Å². The maximum absolute atomic E-state index is 11.9. The molecule has 0 aromatic heterocycles. The number of rotatable bonds is 2. The zero-order chi connectivity index (χ0) is 16.4. The summed E-state index contributed by atoms with van der Waals surface area (Å²) in [4.78, 5) is 23.5. The van der Waals surface area contributed by atoms with Gasteiger partial charge in [-0.2, -0.15) is 0 Å². The monoisotopic (exact) mass is 309 g/mol. The average Bonchev–Trinajstić information content (AvgIpc) is 2.70. The third-order valence-corrected chi connectivity index (χ3v) is 3.91. The van der Waals surface area contributed by atoms with Gasteiger partial charge in [0, 0.05) is 30.6 Å². The number of anilines is 2. The summed E-state index contributed by atoms with van der Waals surface area (Å²) in [5.41, 5.74) is 4.31. The quantitative estimate of drug-likeness (QED) is 0.799. The summed E-state index contributed by atoms with van der Waals surface area (Å²) in [5.74, 6) is -0.0988. The molecule has 5 heteroatoms. The molecule has 0 saturated heterocycles. The van der Waals surface area contributed by atoms with E-state index in [1.54, 1.807) is 19.2 Å².